The first-order valence-corrected chi connectivity index (χ1v) is 10.2. The van der Waals surface area contributed by atoms with Crippen molar-refractivity contribution in [3.05, 3.63) is 42.5 Å². The maximum atomic E-state index is 12.7. The summed E-state index contributed by atoms with van der Waals surface area (Å²) in [6.07, 6.45) is 2.85. The molecule has 27 heavy (non-hydrogen) atoms. The van der Waals surface area contributed by atoms with Gasteiger partial charge in [0.2, 0.25) is 0 Å². The molecule has 0 N–H and O–H groups in total. The molecule has 0 unspecified atom stereocenters. The van der Waals surface area contributed by atoms with Crippen LogP contribution in [0.15, 0.2) is 36.9 Å². The first kappa shape index (κ1) is 17.9. The van der Waals surface area contributed by atoms with E-state index in [9.17, 15) is 13.2 Å². The normalized spacial score (nSPS) is 23.0. The molecule has 0 saturated carbocycles. The van der Waals surface area contributed by atoms with Crippen molar-refractivity contribution < 1.29 is 22.7 Å². The van der Waals surface area contributed by atoms with Gasteiger partial charge in [-0.3, -0.25) is 9.48 Å². The van der Waals surface area contributed by atoms with E-state index in [-0.39, 0.29) is 37.9 Å². The van der Waals surface area contributed by atoms with E-state index in [0.29, 0.717) is 11.3 Å². The van der Waals surface area contributed by atoms with Crippen molar-refractivity contribution in [2.45, 2.75) is 17.4 Å². The topological polar surface area (TPSA) is 104 Å². The van der Waals surface area contributed by atoms with Gasteiger partial charge in [-0.05, 0) is 12.1 Å². The van der Waals surface area contributed by atoms with Gasteiger partial charge >= 0.3 is 0 Å². The van der Waals surface area contributed by atoms with Gasteiger partial charge in [0, 0.05) is 0 Å². The number of hydrogen-bond acceptors (Lipinski definition) is 7. The average molecular weight is 392 g/mol. The molecule has 2 aromatic rings. The molecule has 1 aromatic carbocycles. The predicted octanol–water partition coefficient (Wildman–Crippen LogP) is -0.00490. The molecule has 1 amide bonds. The fourth-order valence-electron chi connectivity index (χ4n) is 3.57. The Morgan fingerprint density at radius 3 is 2.81 bits per heavy atom. The summed E-state index contributed by atoms with van der Waals surface area (Å²) >= 11 is 0. The van der Waals surface area contributed by atoms with Crippen molar-refractivity contribution in [3.8, 4) is 5.75 Å². The Labute approximate surface area is 156 Å². The van der Waals surface area contributed by atoms with E-state index >= 15 is 0 Å². The molecule has 0 aliphatic carbocycles. The average Bonchev–Trinajstić information content (AvgIpc) is 3.14. The number of para-hydroxylation sites is 1. The third-order valence-electron chi connectivity index (χ3n) is 4.99. The minimum Gasteiger partial charge on any atom is -0.496 e. The maximum Gasteiger partial charge on any atom is 0.257 e. The summed E-state index contributed by atoms with van der Waals surface area (Å²) < 4.78 is 38.0. The van der Waals surface area contributed by atoms with E-state index in [1.807, 2.05) is 0 Å². The van der Waals surface area contributed by atoms with Gasteiger partial charge in [-0.25, -0.2) is 13.4 Å². The second-order valence-electron chi connectivity index (χ2n) is 6.90. The molecule has 0 radical (unpaired) electrons. The zero-order valence-corrected chi connectivity index (χ0v) is 15.6. The fraction of sp³-hybridized carbons (Fsp3) is 0.471. The second-order valence-corrected chi connectivity index (χ2v) is 9.18. The number of amides is 1. The highest BCUT2D eigenvalue weighted by atomic mass is 32.2. The lowest BCUT2D eigenvalue weighted by Crippen LogP contribution is -2.70. The van der Waals surface area contributed by atoms with Crippen LogP contribution in [0.5, 0.6) is 5.75 Å². The Hall–Kier alpha value is -2.46. The molecule has 1 atom stereocenters. The Morgan fingerprint density at radius 1 is 1.37 bits per heavy atom. The summed E-state index contributed by atoms with van der Waals surface area (Å²) in [4.78, 5) is 18.1. The molecule has 1 spiro atoms. The highest BCUT2D eigenvalue weighted by Gasteiger charge is 2.54. The zero-order valence-electron chi connectivity index (χ0n) is 14.8. The lowest BCUT2D eigenvalue weighted by molar-refractivity contribution is -0.121. The molecule has 2 aliphatic heterocycles. The van der Waals surface area contributed by atoms with Gasteiger partial charge in [0.1, 0.15) is 29.3 Å². The van der Waals surface area contributed by atoms with Crippen LogP contribution in [0, 0.1) is 0 Å². The van der Waals surface area contributed by atoms with Gasteiger partial charge in [0.15, 0.2) is 9.84 Å². The van der Waals surface area contributed by atoms with Crippen LogP contribution in [-0.2, 0) is 21.1 Å². The van der Waals surface area contributed by atoms with E-state index < -0.39 is 20.7 Å². The highest BCUT2D eigenvalue weighted by molar-refractivity contribution is 7.92. The number of ether oxygens (including phenoxy) is 2. The molecule has 10 heteroatoms. The summed E-state index contributed by atoms with van der Waals surface area (Å²) in [7, 11) is -1.86. The first-order valence-electron chi connectivity index (χ1n) is 8.53. The SMILES string of the molecule is COc1ccccc1C(=O)N1CC2(C1)CS(=O)(=O)[C@@H](Cn1cncn1)CO2. The summed E-state index contributed by atoms with van der Waals surface area (Å²) in [6.45, 7) is 0.791. The quantitative estimate of drug-likeness (QED) is 0.721. The van der Waals surface area contributed by atoms with Crippen LogP contribution in [-0.4, -0.2) is 77.4 Å². The second kappa shape index (κ2) is 6.61. The van der Waals surface area contributed by atoms with E-state index in [0.717, 1.165) is 0 Å². The number of likely N-dealkylation sites (tertiary alicyclic amines) is 1. The van der Waals surface area contributed by atoms with Crippen molar-refractivity contribution >= 4 is 15.7 Å². The summed E-state index contributed by atoms with van der Waals surface area (Å²) in [5.74, 6) is 0.201. The number of rotatable bonds is 4. The maximum absolute atomic E-state index is 12.7. The van der Waals surface area contributed by atoms with Gasteiger partial charge in [-0.15, -0.1) is 0 Å². The van der Waals surface area contributed by atoms with Crippen LogP contribution in [0.4, 0.5) is 0 Å². The molecule has 4 rings (SSSR count). The highest BCUT2D eigenvalue weighted by Crippen LogP contribution is 2.34. The third kappa shape index (κ3) is 3.30. The fourth-order valence-corrected chi connectivity index (χ4v) is 5.46. The summed E-state index contributed by atoms with van der Waals surface area (Å²) in [6, 6.07) is 6.97. The van der Waals surface area contributed by atoms with Crippen LogP contribution >= 0.6 is 0 Å². The van der Waals surface area contributed by atoms with E-state index in [4.69, 9.17) is 9.47 Å². The molecule has 3 heterocycles. The van der Waals surface area contributed by atoms with Gasteiger partial charge in [0.05, 0.1) is 44.7 Å². The van der Waals surface area contributed by atoms with Crippen molar-refractivity contribution in [2.24, 2.45) is 0 Å². The number of hydrogen-bond donors (Lipinski definition) is 0. The molecule has 1 aromatic heterocycles. The lowest BCUT2D eigenvalue weighted by Gasteiger charge is -2.52. The number of nitrogens with zero attached hydrogens (tertiary/aromatic N) is 4. The monoisotopic (exact) mass is 392 g/mol. The smallest absolute Gasteiger partial charge is 0.257 e. The number of carbonyl (C=O) groups is 1. The number of methoxy groups -OCH3 is 1. The molecular weight excluding hydrogens is 372 g/mol. The van der Waals surface area contributed by atoms with Crippen LogP contribution in [0.25, 0.3) is 0 Å². The third-order valence-corrected chi connectivity index (χ3v) is 7.22. The van der Waals surface area contributed by atoms with Gasteiger partial charge < -0.3 is 14.4 Å². The van der Waals surface area contributed by atoms with Gasteiger partial charge in [0.25, 0.3) is 5.91 Å². The van der Waals surface area contributed by atoms with Crippen LogP contribution in [0.1, 0.15) is 10.4 Å². The minimum absolute atomic E-state index is 0.0822. The van der Waals surface area contributed by atoms with Crippen LogP contribution < -0.4 is 4.74 Å². The van der Waals surface area contributed by atoms with Crippen LogP contribution in [0.2, 0.25) is 0 Å². The number of carbonyl (C=O) groups excluding carboxylic acids is 1. The minimum atomic E-state index is -3.37. The summed E-state index contributed by atoms with van der Waals surface area (Å²) in [5.41, 5.74) is -0.368. The van der Waals surface area contributed by atoms with E-state index in [2.05, 4.69) is 10.1 Å². The molecule has 144 valence electrons. The Kier molecular flexibility index (Phi) is 4.39. The Morgan fingerprint density at radius 2 is 2.15 bits per heavy atom. The first-order chi connectivity index (χ1) is 12.9. The Bertz CT molecular complexity index is 938. The van der Waals surface area contributed by atoms with Crippen molar-refractivity contribution in [1.82, 2.24) is 19.7 Å². The molecule has 0 bridgehead atoms. The number of aromatic nitrogens is 3. The van der Waals surface area contributed by atoms with Gasteiger partial charge in [-0.1, -0.05) is 12.1 Å². The van der Waals surface area contributed by atoms with E-state index in [1.54, 1.807) is 29.2 Å². The molecule has 2 saturated heterocycles. The van der Waals surface area contributed by atoms with Crippen molar-refractivity contribution in [2.75, 3.05) is 32.6 Å². The van der Waals surface area contributed by atoms with Crippen molar-refractivity contribution in [3.63, 3.8) is 0 Å². The van der Waals surface area contributed by atoms with Gasteiger partial charge in [-0.2, -0.15) is 5.10 Å². The summed E-state index contributed by atoms with van der Waals surface area (Å²) in [5, 5.41) is 3.29. The predicted molar refractivity (Wildman–Crippen MR) is 95.2 cm³/mol. The molecule has 2 fully saturated rings. The molecular formula is C17H20N4O5S. The zero-order chi connectivity index (χ0) is 19.1. The largest absolute Gasteiger partial charge is 0.496 e. The van der Waals surface area contributed by atoms with E-state index in [1.165, 1.54) is 24.4 Å². The molecule has 9 nitrogen and oxygen atoms in total. The number of benzene rings is 1. The van der Waals surface area contributed by atoms with Crippen molar-refractivity contribution in [1.29, 1.82) is 0 Å². The molecule has 2 aliphatic rings. The lowest BCUT2D eigenvalue weighted by atomic mass is 9.94. The van der Waals surface area contributed by atoms with Crippen LogP contribution in [0.3, 0.4) is 0 Å². The Balaban J connectivity index is 1.42. The number of sulfone groups is 1. The standard InChI is InChI=1S/C17H20N4O5S/c1-25-15-5-3-2-4-14(15)16(22)20-8-17(9-20)10-27(23,24)13(7-26-17)6-21-12-18-11-19-21/h2-5,11-13H,6-10H2,1H3/t13-/m0/s1.